The number of carbonyl (C=O) groups is 1. The Morgan fingerprint density at radius 3 is 2.77 bits per heavy atom. The van der Waals surface area contributed by atoms with Crippen molar-refractivity contribution >= 4 is 17.4 Å². The average Bonchev–Trinajstić information content (AvgIpc) is 2.69. The molecule has 0 atom stereocenters. The highest BCUT2D eigenvalue weighted by Crippen LogP contribution is 2.23. The van der Waals surface area contributed by atoms with E-state index in [2.05, 4.69) is 26.2 Å². The summed E-state index contributed by atoms with van der Waals surface area (Å²) in [6.07, 6.45) is 1.65. The number of carbonyl (C=O) groups excluding carboxylic acids is 1. The number of para-hydroxylation sites is 2. The quantitative estimate of drug-likeness (QED) is 0.883. The van der Waals surface area contributed by atoms with Crippen LogP contribution in [-0.4, -0.2) is 55.6 Å². The van der Waals surface area contributed by atoms with E-state index in [-0.39, 0.29) is 5.91 Å². The molecule has 2 heterocycles. The third kappa shape index (κ3) is 4.29. The van der Waals surface area contributed by atoms with E-state index in [0.717, 1.165) is 32.0 Å². The molecular weight excluding hydrogens is 330 g/mol. The van der Waals surface area contributed by atoms with Crippen LogP contribution in [0, 0.1) is 11.3 Å². The van der Waals surface area contributed by atoms with E-state index in [1.54, 1.807) is 25.4 Å². The zero-order valence-electron chi connectivity index (χ0n) is 14.7. The van der Waals surface area contributed by atoms with Gasteiger partial charge in [0.1, 0.15) is 11.6 Å². The lowest BCUT2D eigenvalue weighted by molar-refractivity contribution is -0.117. The summed E-state index contributed by atoms with van der Waals surface area (Å²) in [4.78, 5) is 20.9. The van der Waals surface area contributed by atoms with Crippen LogP contribution in [0.15, 0.2) is 42.6 Å². The molecule has 1 aliphatic rings. The molecule has 1 aromatic carbocycles. The number of piperazine rings is 1. The van der Waals surface area contributed by atoms with Gasteiger partial charge in [-0.15, -0.1) is 0 Å². The number of rotatable bonds is 5. The fourth-order valence-electron chi connectivity index (χ4n) is 2.94. The molecule has 0 unspecified atom stereocenters. The van der Waals surface area contributed by atoms with Crippen LogP contribution < -0.4 is 15.0 Å². The Kier molecular flexibility index (Phi) is 5.66. The first-order valence-corrected chi connectivity index (χ1v) is 8.46. The number of anilines is 2. The highest BCUT2D eigenvalue weighted by atomic mass is 16.5. The molecule has 0 bridgehead atoms. The fraction of sp³-hybridized carbons (Fsp3) is 0.316. The first-order valence-electron chi connectivity index (χ1n) is 8.46. The normalized spacial score (nSPS) is 14.5. The Bertz CT molecular complexity index is 810. The summed E-state index contributed by atoms with van der Waals surface area (Å²) in [6.45, 7) is 3.39. The number of nitrogens with zero attached hydrogens (tertiary/aromatic N) is 4. The van der Waals surface area contributed by atoms with Gasteiger partial charge in [-0.25, -0.2) is 4.98 Å². The number of benzene rings is 1. The summed E-state index contributed by atoms with van der Waals surface area (Å²) >= 11 is 0. The summed E-state index contributed by atoms with van der Waals surface area (Å²) in [5, 5.41) is 11.9. The molecule has 0 aliphatic carbocycles. The van der Waals surface area contributed by atoms with Crippen LogP contribution in [-0.2, 0) is 4.79 Å². The lowest BCUT2D eigenvalue weighted by atomic mass is 10.2. The van der Waals surface area contributed by atoms with Crippen molar-refractivity contribution in [1.82, 2.24) is 9.88 Å². The Balaban J connectivity index is 1.52. The Morgan fingerprint density at radius 2 is 2.04 bits per heavy atom. The van der Waals surface area contributed by atoms with Crippen molar-refractivity contribution in [2.24, 2.45) is 0 Å². The van der Waals surface area contributed by atoms with E-state index in [4.69, 9.17) is 10.00 Å². The summed E-state index contributed by atoms with van der Waals surface area (Å²) in [5.74, 6) is 1.39. The number of nitriles is 1. The maximum Gasteiger partial charge on any atom is 0.238 e. The van der Waals surface area contributed by atoms with Gasteiger partial charge >= 0.3 is 0 Å². The van der Waals surface area contributed by atoms with Crippen LogP contribution in [0.3, 0.4) is 0 Å². The standard InChI is InChI=1S/C19H21N5O2/c1-26-17-5-3-2-4-16(17)22-19(25)14-23-8-10-24(11-9-23)18-12-15(13-20)6-7-21-18/h2-7,12H,8-11,14H2,1H3,(H,22,25). The van der Waals surface area contributed by atoms with Gasteiger partial charge in [0.05, 0.1) is 31.0 Å². The number of hydrogen-bond donors (Lipinski definition) is 1. The number of nitrogens with one attached hydrogen (secondary N) is 1. The number of pyridine rings is 1. The van der Waals surface area contributed by atoms with Gasteiger partial charge in [-0.3, -0.25) is 9.69 Å². The van der Waals surface area contributed by atoms with Crippen molar-refractivity contribution in [3.63, 3.8) is 0 Å². The minimum atomic E-state index is -0.0625. The summed E-state index contributed by atoms with van der Waals surface area (Å²) in [5.41, 5.74) is 1.28. The molecule has 1 aliphatic heterocycles. The predicted octanol–water partition coefficient (Wildman–Crippen LogP) is 1.72. The summed E-state index contributed by atoms with van der Waals surface area (Å²) in [7, 11) is 1.58. The van der Waals surface area contributed by atoms with Crippen molar-refractivity contribution in [3.8, 4) is 11.8 Å². The zero-order valence-corrected chi connectivity index (χ0v) is 14.7. The van der Waals surface area contributed by atoms with E-state index in [0.29, 0.717) is 23.5 Å². The van der Waals surface area contributed by atoms with Gasteiger partial charge in [-0.2, -0.15) is 5.26 Å². The van der Waals surface area contributed by atoms with Gasteiger partial charge in [0, 0.05) is 32.4 Å². The molecule has 3 rings (SSSR count). The average molecular weight is 351 g/mol. The van der Waals surface area contributed by atoms with Crippen molar-refractivity contribution in [1.29, 1.82) is 5.26 Å². The maximum absolute atomic E-state index is 12.3. The van der Waals surface area contributed by atoms with E-state index in [1.165, 1.54) is 0 Å². The first-order chi connectivity index (χ1) is 12.7. The zero-order chi connectivity index (χ0) is 18.4. The smallest absolute Gasteiger partial charge is 0.238 e. The highest BCUT2D eigenvalue weighted by Gasteiger charge is 2.20. The van der Waals surface area contributed by atoms with E-state index < -0.39 is 0 Å². The molecule has 7 heteroatoms. The number of hydrogen-bond acceptors (Lipinski definition) is 6. The monoisotopic (exact) mass is 351 g/mol. The second-order valence-electron chi connectivity index (χ2n) is 6.03. The van der Waals surface area contributed by atoms with Gasteiger partial charge in [0.15, 0.2) is 0 Å². The van der Waals surface area contributed by atoms with Crippen LogP contribution in [0.2, 0.25) is 0 Å². The number of ether oxygens (including phenoxy) is 1. The van der Waals surface area contributed by atoms with Crippen LogP contribution >= 0.6 is 0 Å². The molecule has 7 nitrogen and oxygen atoms in total. The number of amides is 1. The molecule has 0 spiro atoms. The van der Waals surface area contributed by atoms with Crippen LogP contribution in [0.4, 0.5) is 11.5 Å². The van der Waals surface area contributed by atoms with Gasteiger partial charge in [-0.1, -0.05) is 12.1 Å². The van der Waals surface area contributed by atoms with E-state index in [1.807, 2.05) is 24.3 Å². The van der Waals surface area contributed by atoms with Crippen LogP contribution in [0.5, 0.6) is 5.75 Å². The van der Waals surface area contributed by atoms with Crippen molar-refractivity contribution in [2.45, 2.75) is 0 Å². The Hall–Kier alpha value is -3.11. The van der Waals surface area contributed by atoms with E-state index >= 15 is 0 Å². The topological polar surface area (TPSA) is 81.5 Å². The maximum atomic E-state index is 12.3. The fourth-order valence-corrected chi connectivity index (χ4v) is 2.94. The third-order valence-corrected chi connectivity index (χ3v) is 4.32. The molecule has 0 saturated carbocycles. The second kappa shape index (κ2) is 8.32. The van der Waals surface area contributed by atoms with Crippen LogP contribution in [0.1, 0.15) is 5.56 Å². The van der Waals surface area contributed by atoms with Crippen molar-refractivity contribution in [2.75, 3.05) is 50.1 Å². The van der Waals surface area contributed by atoms with Gasteiger partial charge in [0.2, 0.25) is 5.91 Å². The van der Waals surface area contributed by atoms with Gasteiger partial charge < -0.3 is 15.0 Å². The van der Waals surface area contributed by atoms with Crippen molar-refractivity contribution in [3.05, 3.63) is 48.2 Å². The summed E-state index contributed by atoms with van der Waals surface area (Å²) < 4.78 is 5.25. The number of methoxy groups -OCH3 is 1. The van der Waals surface area contributed by atoms with Crippen molar-refractivity contribution < 1.29 is 9.53 Å². The molecule has 1 fully saturated rings. The molecule has 26 heavy (non-hydrogen) atoms. The Labute approximate surface area is 152 Å². The molecule has 2 aromatic rings. The lowest BCUT2D eigenvalue weighted by Gasteiger charge is -2.35. The highest BCUT2D eigenvalue weighted by molar-refractivity contribution is 5.93. The van der Waals surface area contributed by atoms with Gasteiger partial charge in [0.25, 0.3) is 0 Å². The predicted molar refractivity (Wildman–Crippen MR) is 99.2 cm³/mol. The van der Waals surface area contributed by atoms with Crippen LogP contribution in [0.25, 0.3) is 0 Å². The molecule has 1 aromatic heterocycles. The molecule has 1 N–H and O–H groups in total. The molecule has 1 amide bonds. The third-order valence-electron chi connectivity index (χ3n) is 4.32. The summed E-state index contributed by atoms with van der Waals surface area (Å²) in [6, 6.07) is 13.0. The lowest BCUT2D eigenvalue weighted by Crippen LogP contribution is -2.49. The largest absolute Gasteiger partial charge is 0.495 e. The molecule has 134 valence electrons. The minimum absolute atomic E-state index is 0.0625. The SMILES string of the molecule is COc1ccccc1NC(=O)CN1CCN(c2cc(C#N)ccn2)CC1. The first kappa shape index (κ1) is 17.7. The van der Waals surface area contributed by atoms with E-state index in [9.17, 15) is 4.79 Å². The van der Waals surface area contributed by atoms with Gasteiger partial charge in [-0.05, 0) is 24.3 Å². The molecule has 0 radical (unpaired) electrons. The minimum Gasteiger partial charge on any atom is -0.495 e. The molecule has 1 saturated heterocycles. The molecular formula is C19H21N5O2. The Morgan fingerprint density at radius 1 is 1.27 bits per heavy atom. The number of aromatic nitrogens is 1. The second-order valence-corrected chi connectivity index (χ2v) is 6.03.